The van der Waals surface area contributed by atoms with Crippen LogP contribution in [0, 0.1) is 0 Å². The summed E-state index contributed by atoms with van der Waals surface area (Å²) in [7, 11) is -3.78. The third-order valence-corrected chi connectivity index (χ3v) is 8.06. The minimum atomic E-state index is -3.78. The van der Waals surface area contributed by atoms with Crippen LogP contribution >= 0.6 is 15.9 Å². The largest absolute Gasteiger partial charge is 0.465 e. The van der Waals surface area contributed by atoms with Crippen molar-refractivity contribution in [1.82, 2.24) is 20.0 Å². The first-order chi connectivity index (χ1) is 15.2. The molecule has 1 atom stereocenters. The van der Waals surface area contributed by atoms with Crippen LogP contribution in [0.3, 0.4) is 0 Å². The molecule has 2 N–H and O–H groups in total. The molecule has 1 aromatic heterocycles. The van der Waals surface area contributed by atoms with Gasteiger partial charge in [0.1, 0.15) is 11.3 Å². The van der Waals surface area contributed by atoms with Gasteiger partial charge in [-0.15, -0.1) is 0 Å². The van der Waals surface area contributed by atoms with E-state index in [1.807, 2.05) is 30.3 Å². The number of sulfonamides is 1. The third-order valence-electron chi connectivity index (χ3n) is 5.00. The fourth-order valence-corrected chi connectivity index (χ4v) is 5.03. The maximum Gasteiger partial charge on any atom is 0.407 e. The zero-order valence-corrected chi connectivity index (χ0v) is 19.8. The summed E-state index contributed by atoms with van der Waals surface area (Å²) in [6, 6.07) is 8.87. The van der Waals surface area contributed by atoms with Gasteiger partial charge in [-0.3, -0.25) is 13.9 Å². The van der Waals surface area contributed by atoms with E-state index in [9.17, 15) is 23.1 Å². The Hall–Kier alpha value is -2.80. The van der Waals surface area contributed by atoms with Gasteiger partial charge in [0.05, 0.1) is 43.3 Å². The second kappa shape index (κ2) is 10.2. The van der Waals surface area contributed by atoms with Gasteiger partial charge in [0.25, 0.3) is 0 Å². The number of anilines is 1. The van der Waals surface area contributed by atoms with Crippen LogP contribution in [0.1, 0.15) is 18.2 Å². The Labute approximate surface area is 194 Å². The maximum atomic E-state index is 12.7. The zero-order valence-electron chi connectivity index (χ0n) is 17.3. The number of rotatable bonds is 8. The number of carbonyl (C=O) groups is 2. The van der Waals surface area contributed by atoms with Gasteiger partial charge in [0, 0.05) is 6.54 Å². The number of halogens is 1. The molecule has 0 saturated carbocycles. The van der Waals surface area contributed by atoms with Gasteiger partial charge in [-0.2, -0.15) is 5.10 Å². The number of nitrogens with zero attached hydrogens (tertiary/aromatic N) is 4. The van der Waals surface area contributed by atoms with Crippen LogP contribution in [-0.2, 0) is 34.5 Å². The minimum absolute atomic E-state index is 0.00663. The van der Waals surface area contributed by atoms with E-state index in [1.165, 1.54) is 11.1 Å². The highest BCUT2D eigenvalue weighted by Gasteiger charge is 2.33. The van der Waals surface area contributed by atoms with Gasteiger partial charge in [-0.1, -0.05) is 46.3 Å². The normalized spacial score (nSPS) is 15.7. The van der Waals surface area contributed by atoms with Crippen molar-refractivity contribution in [3.05, 3.63) is 47.8 Å². The number of hydrogen-bond acceptors (Lipinski definition) is 6. The van der Waals surface area contributed by atoms with Crippen molar-refractivity contribution < 1.29 is 27.9 Å². The summed E-state index contributed by atoms with van der Waals surface area (Å²) >= 11 is 3.00. The lowest BCUT2D eigenvalue weighted by atomic mass is 10.2. The number of carbonyl (C=O) groups excluding carboxylic acids is 1. The summed E-state index contributed by atoms with van der Waals surface area (Å²) in [4.78, 5) is 24.8. The number of hydrogen-bond donors (Lipinski definition) is 2. The molecule has 32 heavy (non-hydrogen) atoms. The predicted octanol–water partition coefficient (Wildman–Crippen LogP) is 2.18. The van der Waals surface area contributed by atoms with Crippen LogP contribution in [0.5, 0.6) is 0 Å². The molecule has 0 radical (unpaired) electrons. The molecule has 0 bridgehead atoms. The molecule has 0 aliphatic carbocycles. The van der Waals surface area contributed by atoms with Crippen molar-refractivity contribution in [3.63, 3.8) is 0 Å². The van der Waals surface area contributed by atoms with Gasteiger partial charge < -0.3 is 15.2 Å². The van der Waals surface area contributed by atoms with E-state index in [0.717, 1.165) is 9.87 Å². The Morgan fingerprint density at radius 2 is 2.06 bits per heavy atom. The topological polar surface area (TPSA) is 134 Å². The van der Waals surface area contributed by atoms with Crippen molar-refractivity contribution in [2.24, 2.45) is 0 Å². The summed E-state index contributed by atoms with van der Waals surface area (Å²) in [5.41, 5.74) is 1.58. The molecule has 0 spiro atoms. The molecule has 0 saturated heterocycles. The van der Waals surface area contributed by atoms with Crippen LogP contribution in [0.2, 0.25) is 0 Å². The second-order valence-electron chi connectivity index (χ2n) is 7.20. The number of fused-ring (bicyclic) bond motifs is 1. The highest BCUT2D eigenvalue weighted by molar-refractivity contribution is 9.10. The zero-order chi connectivity index (χ0) is 23.3. The van der Waals surface area contributed by atoms with Gasteiger partial charge >= 0.3 is 12.2 Å². The van der Waals surface area contributed by atoms with Crippen LogP contribution in [0.25, 0.3) is 0 Å². The molecule has 11 nitrogen and oxygen atoms in total. The number of ether oxygens (including phenoxy) is 1. The van der Waals surface area contributed by atoms with Crippen molar-refractivity contribution >= 4 is 43.8 Å². The standard InChI is InChI=1S/C19H24BrN5O6S/c1-14-10-24-17(11-23(14)19(27)28)16(9-22-24)25(32(29,30)13-20)8-7-21-18(26)31-12-15-5-3-2-4-6-15/h2-6,9,14H,7-8,10-13H2,1H3,(H,21,26)(H,27,28)/t14-/m0/s1. The highest BCUT2D eigenvalue weighted by Crippen LogP contribution is 2.29. The lowest BCUT2D eigenvalue weighted by molar-refractivity contribution is 0.105. The van der Waals surface area contributed by atoms with Crippen LogP contribution in [0.4, 0.5) is 15.3 Å². The molecule has 2 amide bonds. The monoisotopic (exact) mass is 529 g/mol. The molecule has 2 aromatic rings. The molecule has 174 valence electrons. The van der Waals surface area contributed by atoms with E-state index in [4.69, 9.17) is 4.74 Å². The summed E-state index contributed by atoms with van der Waals surface area (Å²) < 4.78 is 33.0. The fourth-order valence-electron chi connectivity index (χ4n) is 3.35. The van der Waals surface area contributed by atoms with E-state index in [0.29, 0.717) is 12.2 Å². The highest BCUT2D eigenvalue weighted by atomic mass is 79.9. The first-order valence-corrected chi connectivity index (χ1v) is 12.5. The lowest BCUT2D eigenvalue weighted by Gasteiger charge is -2.33. The van der Waals surface area contributed by atoms with Gasteiger partial charge in [0.2, 0.25) is 10.0 Å². The maximum absolute atomic E-state index is 12.7. The SMILES string of the molecule is C[C@H]1Cn2ncc(N(CCNC(=O)OCc3ccccc3)S(=O)(=O)CBr)c2CN1C(=O)O. The number of nitrogens with one attached hydrogen (secondary N) is 1. The van der Waals surface area contributed by atoms with Crippen LogP contribution in [-0.4, -0.2) is 64.2 Å². The molecule has 2 heterocycles. The van der Waals surface area contributed by atoms with Gasteiger partial charge in [0.15, 0.2) is 0 Å². The molecular weight excluding hydrogens is 506 g/mol. The first-order valence-electron chi connectivity index (χ1n) is 9.78. The van der Waals surface area contributed by atoms with Crippen molar-refractivity contribution in [3.8, 4) is 0 Å². The van der Waals surface area contributed by atoms with Crippen LogP contribution < -0.4 is 9.62 Å². The van der Waals surface area contributed by atoms with E-state index in [1.54, 1.807) is 11.6 Å². The molecular formula is C19H24BrN5O6S. The molecule has 1 aliphatic rings. The Bertz CT molecular complexity index is 1060. The summed E-state index contributed by atoms with van der Waals surface area (Å²) in [6.07, 6.45) is -0.358. The van der Waals surface area contributed by atoms with Crippen LogP contribution in [0.15, 0.2) is 36.5 Å². The Kier molecular flexibility index (Phi) is 7.61. The van der Waals surface area contributed by atoms with E-state index in [-0.39, 0.29) is 42.6 Å². The number of alkyl halides is 1. The molecule has 3 rings (SSSR count). The van der Waals surface area contributed by atoms with Gasteiger partial charge in [-0.25, -0.2) is 18.0 Å². The molecule has 0 unspecified atom stereocenters. The Morgan fingerprint density at radius 3 is 2.72 bits per heavy atom. The van der Waals surface area contributed by atoms with E-state index in [2.05, 4.69) is 26.3 Å². The molecule has 13 heteroatoms. The number of carboxylic acid groups (broad SMARTS) is 1. The lowest BCUT2D eigenvalue weighted by Crippen LogP contribution is -2.45. The van der Waals surface area contributed by atoms with Crippen molar-refractivity contribution in [2.45, 2.75) is 32.7 Å². The molecule has 1 aliphatic heterocycles. The summed E-state index contributed by atoms with van der Waals surface area (Å²) in [6.45, 7) is 2.09. The predicted molar refractivity (Wildman–Crippen MR) is 120 cm³/mol. The Morgan fingerprint density at radius 1 is 1.34 bits per heavy atom. The second-order valence-corrected chi connectivity index (χ2v) is 10.4. The smallest absolute Gasteiger partial charge is 0.407 e. The van der Waals surface area contributed by atoms with Crippen molar-refractivity contribution in [2.75, 3.05) is 22.1 Å². The minimum Gasteiger partial charge on any atom is -0.465 e. The number of aromatic nitrogens is 2. The Balaban J connectivity index is 1.68. The summed E-state index contributed by atoms with van der Waals surface area (Å²) in [5, 5.41) is 16.2. The van der Waals surface area contributed by atoms with E-state index >= 15 is 0 Å². The van der Waals surface area contributed by atoms with Crippen molar-refractivity contribution in [1.29, 1.82) is 0 Å². The first kappa shape index (κ1) is 23.9. The number of alkyl carbamates (subject to hydrolysis) is 1. The fraction of sp³-hybridized carbons (Fsp3) is 0.421. The number of amides is 2. The molecule has 1 aromatic carbocycles. The average molecular weight is 530 g/mol. The number of benzene rings is 1. The van der Waals surface area contributed by atoms with Gasteiger partial charge in [-0.05, 0) is 12.5 Å². The third kappa shape index (κ3) is 5.51. The molecule has 0 fully saturated rings. The quantitative estimate of drug-likeness (QED) is 0.500. The van der Waals surface area contributed by atoms with E-state index < -0.39 is 22.2 Å². The average Bonchev–Trinajstić information content (AvgIpc) is 3.17. The summed E-state index contributed by atoms with van der Waals surface area (Å²) in [5.74, 6) is 0.